The summed E-state index contributed by atoms with van der Waals surface area (Å²) < 4.78 is 0. The normalized spacial score (nSPS) is 17.6. The van der Waals surface area contributed by atoms with Gasteiger partial charge in [-0.05, 0) is 25.3 Å². The van der Waals surface area contributed by atoms with Crippen LogP contribution >= 0.6 is 11.3 Å². The van der Waals surface area contributed by atoms with Crippen molar-refractivity contribution in [3.8, 4) is 0 Å². The number of nitrogens with one attached hydrogen (secondary N) is 2. The molecule has 1 aliphatic rings. The molecule has 25 heavy (non-hydrogen) atoms. The number of aliphatic imine (C=N–C) groups is 1. The minimum absolute atomic E-state index is 0.107. The molecule has 140 valence electrons. The highest BCUT2D eigenvalue weighted by Crippen LogP contribution is 2.19. The fourth-order valence-electron chi connectivity index (χ4n) is 2.94. The van der Waals surface area contributed by atoms with E-state index in [0.717, 1.165) is 38.7 Å². The largest absolute Gasteiger partial charge is 0.356 e. The van der Waals surface area contributed by atoms with Gasteiger partial charge in [0.15, 0.2) is 5.96 Å². The molecule has 6 nitrogen and oxygen atoms in total. The highest BCUT2D eigenvalue weighted by molar-refractivity contribution is 7.10. The summed E-state index contributed by atoms with van der Waals surface area (Å²) in [5, 5.41) is 8.57. The molecule has 1 saturated heterocycles. The zero-order valence-corrected chi connectivity index (χ0v) is 16.6. The molecule has 1 fully saturated rings. The number of rotatable bonds is 6. The Morgan fingerprint density at radius 2 is 2.00 bits per heavy atom. The molecular weight excluding hydrogens is 334 g/mol. The molecule has 1 aliphatic heterocycles. The van der Waals surface area contributed by atoms with Gasteiger partial charge in [0.05, 0.1) is 6.54 Å². The molecule has 0 bridgehead atoms. The smallest absolute Gasteiger partial charge is 0.234 e. The van der Waals surface area contributed by atoms with Crippen molar-refractivity contribution in [2.45, 2.75) is 32.7 Å². The number of amides is 1. The van der Waals surface area contributed by atoms with Crippen LogP contribution in [0.15, 0.2) is 22.5 Å². The number of nitrogens with zero attached hydrogens (tertiary/aromatic N) is 3. The van der Waals surface area contributed by atoms with Gasteiger partial charge in [-0.2, -0.15) is 0 Å². The van der Waals surface area contributed by atoms with Crippen molar-refractivity contribution in [1.29, 1.82) is 0 Å². The fourth-order valence-corrected chi connectivity index (χ4v) is 3.72. The van der Waals surface area contributed by atoms with E-state index in [0.29, 0.717) is 12.5 Å². The van der Waals surface area contributed by atoms with Crippen molar-refractivity contribution in [2.75, 3.05) is 46.3 Å². The first-order valence-electron chi connectivity index (χ1n) is 9.00. The molecule has 2 N–H and O–H groups in total. The SMILES string of the molecule is CN=C(NCC(C)c1cccs1)N1CCN(CC(=O)NC(C)C)CC1. The van der Waals surface area contributed by atoms with E-state index in [9.17, 15) is 4.79 Å². The minimum Gasteiger partial charge on any atom is -0.356 e. The van der Waals surface area contributed by atoms with Crippen LogP contribution in [0, 0.1) is 0 Å². The van der Waals surface area contributed by atoms with Gasteiger partial charge in [0.25, 0.3) is 0 Å². The lowest BCUT2D eigenvalue weighted by atomic mass is 10.1. The summed E-state index contributed by atoms with van der Waals surface area (Å²) in [6, 6.07) is 4.47. The Morgan fingerprint density at radius 1 is 1.28 bits per heavy atom. The Labute approximate surface area is 155 Å². The third kappa shape index (κ3) is 6.32. The van der Waals surface area contributed by atoms with Gasteiger partial charge in [-0.15, -0.1) is 11.3 Å². The van der Waals surface area contributed by atoms with E-state index in [1.54, 1.807) is 11.3 Å². The van der Waals surface area contributed by atoms with Gasteiger partial charge in [-0.25, -0.2) is 0 Å². The van der Waals surface area contributed by atoms with E-state index in [2.05, 4.69) is 49.9 Å². The first kappa shape index (κ1) is 19.7. The second kappa shape index (κ2) is 9.77. The molecule has 1 atom stereocenters. The topological polar surface area (TPSA) is 60.0 Å². The summed E-state index contributed by atoms with van der Waals surface area (Å²) in [7, 11) is 1.83. The van der Waals surface area contributed by atoms with E-state index in [1.807, 2.05) is 20.9 Å². The van der Waals surface area contributed by atoms with E-state index >= 15 is 0 Å². The van der Waals surface area contributed by atoms with Crippen LogP contribution in [0.4, 0.5) is 0 Å². The van der Waals surface area contributed by atoms with Crippen LogP contribution in [0.1, 0.15) is 31.6 Å². The van der Waals surface area contributed by atoms with Crippen LogP contribution in [0.2, 0.25) is 0 Å². The average molecular weight is 366 g/mol. The molecule has 1 aromatic heterocycles. The average Bonchev–Trinajstić information content (AvgIpc) is 3.10. The molecule has 2 rings (SSSR count). The summed E-state index contributed by atoms with van der Waals surface area (Å²) in [5.74, 6) is 1.53. The summed E-state index contributed by atoms with van der Waals surface area (Å²) in [4.78, 5) is 22.2. The lowest BCUT2D eigenvalue weighted by molar-refractivity contribution is -0.123. The predicted octanol–water partition coefficient (Wildman–Crippen LogP) is 1.57. The molecule has 7 heteroatoms. The van der Waals surface area contributed by atoms with Gasteiger partial charge >= 0.3 is 0 Å². The summed E-state index contributed by atoms with van der Waals surface area (Å²) in [5.41, 5.74) is 0. The lowest BCUT2D eigenvalue weighted by Gasteiger charge is -2.36. The van der Waals surface area contributed by atoms with Crippen molar-refractivity contribution >= 4 is 23.2 Å². The Kier molecular flexibility index (Phi) is 7.71. The first-order chi connectivity index (χ1) is 12.0. The van der Waals surface area contributed by atoms with Crippen LogP contribution < -0.4 is 10.6 Å². The molecule has 0 spiro atoms. The number of guanidine groups is 1. The number of hydrogen-bond acceptors (Lipinski definition) is 4. The lowest BCUT2D eigenvalue weighted by Crippen LogP contribution is -2.54. The number of hydrogen-bond donors (Lipinski definition) is 2. The van der Waals surface area contributed by atoms with Gasteiger partial charge in [-0.1, -0.05) is 13.0 Å². The van der Waals surface area contributed by atoms with Crippen molar-refractivity contribution in [3.63, 3.8) is 0 Å². The molecule has 0 saturated carbocycles. The van der Waals surface area contributed by atoms with Gasteiger partial charge in [0, 0.05) is 56.6 Å². The van der Waals surface area contributed by atoms with Crippen molar-refractivity contribution in [3.05, 3.63) is 22.4 Å². The Balaban J connectivity index is 1.75. The molecule has 0 aliphatic carbocycles. The van der Waals surface area contributed by atoms with Gasteiger partial charge < -0.3 is 15.5 Å². The monoisotopic (exact) mass is 365 g/mol. The first-order valence-corrected chi connectivity index (χ1v) is 9.88. The maximum absolute atomic E-state index is 11.9. The second-order valence-corrected chi connectivity index (χ2v) is 7.81. The predicted molar refractivity (Wildman–Crippen MR) is 105 cm³/mol. The molecule has 1 amide bonds. The number of carbonyl (C=O) groups excluding carboxylic acids is 1. The number of carbonyl (C=O) groups is 1. The van der Waals surface area contributed by atoms with E-state index < -0.39 is 0 Å². The van der Waals surface area contributed by atoms with Crippen molar-refractivity contribution in [2.24, 2.45) is 4.99 Å². The van der Waals surface area contributed by atoms with Crippen LogP contribution in [0.5, 0.6) is 0 Å². The van der Waals surface area contributed by atoms with Crippen LogP contribution in [-0.4, -0.2) is 74.0 Å². The van der Waals surface area contributed by atoms with Crippen LogP contribution in [0.25, 0.3) is 0 Å². The second-order valence-electron chi connectivity index (χ2n) is 6.83. The number of piperazine rings is 1. The van der Waals surface area contributed by atoms with E-state index in [1.165, 1.54) is 4.88 Å². The van der Waals surface area contributed by atoms with Crippen molar-refractivity contribution in [1.82, 2.24) is 20.4 Å². The molecular formula is C18H31N5OS. The molecule has 1 aromatic rings. The maximum atomic E-state index is 11.9. The summed E-state index contributed by atoms with van der Waals surface area (Å²) >= 11 is 1.80. The highest BCUT2D eigenvalue weighted by Gasteiger charge is 2.21. The third-order valence-corrected chi connectivity index (χ3v) is 5.40. The van der Waals surface area contributed by atoms with Gasteiger partial charge in [0.2, 0.25) is 5.91 Å². The highest BCUT2D eigenvalue weighted by atomic mass is 32.1. The zero-order chi connectivity index (χ0) is 18.2. The zero-order valence-electron chi connectivity index (χ0n) is 15.8. The quantitative estimate of drug-likeness (QED) is 0.593. The van der Waals surface area contributed by atoms with E-state index in [4.69, 9.17) is 0 Å². The number of thiophene rings is 1. The molecule has 0 aromatic carbocycles. The third-order valence-electron chi connectivity index (χ3n) is 4.30. The Hall–Kier alpha value is -1.60. The molecule has 2 heterocycles. The molecule has 0 radical (unpaired) electrons. The molecule has 1 unspecified atom stereocenters. The van der Waals surface area contributed by atoms with Gasteiger partial charge in [0.1, 0.15) is 0 Å². The van der Waals surface area contributed by atoms with Gasteiger partial charge in [-0.3, -0.25) is 14.7 Å². The van der Waals surface area contributed by atoms with E-state index in [-0.39, 0.29) is 11.9 Å². The summed E-state index contributed by atoms with van der Waals surface area (Å²) in [6.07, 6.45) is 0. The minimum atomic E-state index is 0.107. The van der Waals surface area contributed by atoms with Crippen LogP contribution in [-0.2, 0) is 4.79 Å². The Morgan fingerprint density at radius 3 is 2.56 bits per heavy atom. The van der Waals surface area contributed by atoms with Crippen molar-refractivity contribution < 1.29 is 4.79 Å². The standard InChI is InChI=1S/C18H31N5OS/c1-14(2)21-17(24)13-22-7-9-23(10-8-22)18(19-4)20-12-15(3)16-6-5-11-25-16/h5-6,11,14-15H,7-10,12-13H2,1-4H3,(H,19,20)(H,21,24). The van der Waals surface area contributed by atoms with Crippen LogP contribution in [0.3, 0.4) is 0 Å². The fraction of sp³-hybridized carbons (Fsp3) is 0.667. The Bertz CT molecular complexity index is 550. The summed E-state index contributed by atoms with van der Waals surface area (Å²) in [6.45, 7) is 11.1. The maximum Gasteiger partial charge on any atom is 0.234 e.